The van der Waals surface area contributed by atoms with Gasteiger partial charge in [-0.3, -0.25) is 14.2 Å². The molecule has 6 heteroatoms. The molecule has 0 bridgehead atoms. The lowest BCUT2D eigenvalue weighted by Crippen LogP contribution is -2.30. The fraction of sp³-hybridized carbons (Fsp3) is 0.125. The van der Waals surface area contributed by atoms with E-state index in [0.29, 0.717) is 22.3 Å². The molecule has 0 spiro atoms. The lowest BCUT2D eigenvalue weighted by atomic mass is 10.1. The van der Waals surface area contributed by atoms with Gasteiger partial charge < -0.3 is 5.32 Å². The Morgan fingerprint density at radius 1 is 1.07 bits per heavy atom. The molecule has 30 heavy (non-hydrogen) atoms. The molecular formula is C24H20FN3O2. The fourth-order valence-corrected chi connectivity index (χ4v) is 3.33. The number of aryl methyl sites for hydroxylation is 1. The van der Waals surface area contributed by atoms with Crippen LogP contribution < -0.4 is 10.9 Å². The van der Waals surface area contributed by atoms with Crippen molar-refractivity contribution in [1.29, 1.82) is 0 Å². The molecule has 1 N–H and O–H groups in total. The minimum Gasteiger partial charge on any atom is -0.322 e. The highest BCUT2D eigenvalue weighted by Gasteiger charge is 2.17. The van der Waals surface area contributed by atoms with Gasteiger partial charge in [0.05, 0.1) is 6.54 Å². The minimum absolute atomic E-state index is 0.0218. The van der Waals surface area contributed by atoms with E-state index in [1.165, 1.54) is 16.7 Å². The van der Waals surface area contributed by atoms with Gasteiger partial charge in [0.15, 0.2) is 0 Å². The van der Waals surface area contributed by atoms with E-state index in [9.17, 15) is 14.0 Å². The Morgan fingerprint density at radius 2 is 1.83 bits per heavy atom. The van der Waals surface area contributed by atoms with Gasteiger partial charge in [0, 0.05) is 22.8 Å². The van der Waals surface area contributed by atoms with E-state index in [1.54, 1.807) is 48.7 Å². The van der Waals surface area contributed by atoms with Gasteiger partial charge in [-0.15, -0.1) is 0 Å². The fourth-order valence-electron chi connectivity index (χ4n) is 3.33. The predicted octanol–water partition coefficient (Wildman–Crippen LogP) is 4.40. The Hall–Kier alpha value is -3.80. The topological polar surface area (TPSA) is 64.0 Å². The van der Waals surface area contributed by atoms with Crippen molar-refractivity contribution >= 4 is 22.6 Å². The number of hydrogen-bond acceptors (Lipinski definition) is 3. The Morgan fingerprint density at radius 3 is 2.57 bits per heavy atom. The van der Waals surface area contributed by atoms with Crippen molar-refractivity contribution in [1.82, 2.24) is 9.55 Å². The van der Waals surface area contributed by atoms with Gasteiger partial charge in [-0.05, 0) is 48.4 Å². The zero-order chi connectivity index (χ0) is 21.1. The lowest BCUT2D eigenvalue weighted by molar-refractivity contribution is 0.102. The summed E-state index contributed by atoms with van der Waals surface area (Å²) in [5.41, 5.74) is 1.95. The van der Waals surface area contributed by atoms with Crippen molar-refractivity contribution in [2.24, 2.45) is 0 Å². The highest BCUT2D eigenvalue weighted by atomic mass is 19.1. The number of nitrogens with one attached hydrogen (secondary N) is 1. The highest BCUT2D eigenvalue weighted by Crippen LogP contribution is 2.16. The molecule has 0 aliphatic rings. The Balaban J connectivity index is 1.76. The van der Waals surface area contributed by atoms with E-state index < -0.39 is 17.3 Å². The van der Waals surface area contributed by atoms with Crippen molar-refractivity contribution in [3.05, 3.63) is 106 Å². The van der Waals surface area contributed by atoms with Gasteiger partial charge in [0.25, 0.3) is 11.5 Å². The van der Waals surface area contributed by atoms with Crippen LogP contribution in [0, 0.1) is 5.82 Å². The number of aromatic nitrogens is 2. The van der Waals surface area contributed by atoms with Crippen LogP contribution in [0.4, 0.5) is 10.1 Å². The number of benzene rings is 2. The number of fused-ring (bicyclic) bond motifs is 1. The van der Waals surface area contributed by atoms with Crippen LogP contribution in [0.5, 0.6) is 0 Å². The smallest absolute Gasteiger partial charge is 0.265 e. The number of rotatable bonds is 5. The molecule has 2 aromatic carbocycles. The molecule has 150 valence electrons. The van der Waals surface area contributed by atoms with Crippen LogP contribution in [0.15, 0.2) is 77.7 Å². The third-order valence-electron chi connectivity index (χ3n) is 5.00. The summed E-state index contributed by atoms with van der Waals surface area (Å²) in [5.74, 6) is -0.934. The first-order valence-electron chi connectivity index (χ1n) is 9.69. The van der Waals surface area contributed by atoms with E-state index in [2.05, 4.69) is 17.2 Å². The van der Waals surface area contributed by atoms with Crippen LogP contribution in [0.25, 0.3) is 11.0 Å². The van der Waals surface area contributed by atoms with Crippen molar-refractivity contribution in [3.8, 4) is 0 Å². The second kappa shape index (κ2) is 8.29. The number of nitrogens with zero attached hydrogens (tertiary/aromatic N) is 2. The molecule has 2 heterocycles. The van der Waals surface area contributed by atoms with Gasteiger partial charge in [0.2, 0.25) is 0 Å². The number of pyridine rings is 2. The number of halogens is 1. The Kier molecular flexibility index (Phi) is 5.39. The van der Waals surface area contributed by atoms with Gasteiger partial charge in [-0.1, -0.05) is 37.3 Å². The zero-order valence-corrected chi connectivity index (χ0v) is 16.4. The maximum atomic E-state index is 14.2. The average molecular weight is 401 g/mol. The van der Waals surface area contributed by atoms with Crippen molar-refractivity contribution in [3.63, 3.8) is 0 Å². The first-order chi connectivity index (χ1) is 14.6. The molecule has 2 aromatic heterocycles. The van der Waals surface area contributed by atoms with Crippen LogP contribution >= 0.6 is 0 Å². The summed E-state index contributed by atoms with van der Waals surface area (Å²) in [4.78, 5) is 30.3. The molecule has 5 nitrogen and oxygen atoms in total. The molecule has 0 saturated heterocycles. The predicted molar refractivity (Wildman–Crippen MR) is 115 cm³/mol. The molecule has 0 unspecified atom stereocenters. The first-order valence-corrected chi connectivity index (χ1v) is 9.69. The van der Waals surface area contributed by atoms with Crippen LogP contribution in [-0.2, 0) is 13.0 Å². The van der Waals surface area contributed by atoms with Crippen molar-refractivity contribution in [2.45, 2.75) is 19.9 Å². The van der Waals surface area contributed by atoms with Crippen LogP contribution in [-0.4, -0.2) is 15.5 Å². The van der Waals surface area contributed by atoms with E-state index in [-0.39, 0.29) is 12.1 Å². The zero-order valence-electron chi connectivity index (χ0n) is 16.4. The minimum atomic E-state index is -0.521. The summed E-state index contributed by atoms with van der Waals surface area (Å²) in [7, 11) is 0. The monoisotopic (exact) mass is 401 g/mol. The van der Waals surface area contributed by atoms with E-state index >= 15 is 0 Å². The van der Waals surface area contributed by atoms with Gasteiger partial charge >= 0.3 is 0 Å². The molecule has 0 aliphatic carbocycles. The second-order valence-corrected chi connectivity index (χ2v) is 6.96. The number of carbonyl (C=O) groups excluding carboxylic acids is 1. The second-order valence-electron chi connectivity index (χ2n) is 6.96. The number of hydrogen-bond donors (Lipinski definition) is 1. The molecule has 0 fully saturated rings. The van der Waals surface area contributed by atoms with Crippen LogP contribution in [0.3, 0.4) is 0 Å². The third kappa shape index (κ3) is 3.85. The highest BCUT2D eigenvalue weighted by molar-refractivity contribution is 6.05. The largest absolute Gasteiger partial charge is 0.322 e. The van der Waals surface area contributed by atoms with E-state index in [1.807, 2.05) is 12.1 Å². The average Bonchev–Trinajstić information content (AvgIpc) is 2.77. The third-order valence-corrected chi connectivity index (χ3v) is 5.00. The first kappa shape index (κ1) is 19.5. The SMILES string of the molecule is CCc1ccc(NC(=O)c2cc3cccnc3n(Cc3ccccc3F)c2=O)cc1. The Labute approximate surface area is 172 Å². The van der Waals surface area contributed by atoms with Crippen LogP contribution in [0.2, 0.25) is 0 Å². The van der Waals surface area contributed by atoms with Crippen molar-refractivity contribution < 1.29 is 9.18 Å². The van der Waals surface area contributed by atoms with Crippen molar-refractivity contribution in [2.75, 3.05) is 5.32 Å². The number of carbonyl (C=O) groups is 1. The molecule has 0 radical (unpaired) electrons. The normalized spacial score (nSPS) is 10.9. The maximum absolute atomic E-state index is 14.2. The summed E-state index contributed by atoms with van der Waals surface area (Å²) >= 11 is 0. The van der Waals surface area contributed by atoms with Gasteiger partial charge in [0.1, 0.15) is 17.0 Å². The molecule has 0 atom stereocenters. The van der Waals surface area contributed by atoms with Gasteiger partial charge in [-0.25, -0.2) is 9.37 Å². The summed E-state index contributed by atoms with van der Waals surface area (Å²) in [5, 5.41) is 3.40. The standard InChI is InChI=1S/C24H20FN3O2/c1-2-16-9-11-19(12-10-16)27-23(29)20-14-17-7-5-13-26-22(17)28(24(20)30)15-18-6-3-4-8-21(18)25/h3-14H,2,15H2,1H3,(H,27,29). The summed E-state index contributed by atoms with van der Waals surface area (Å²) in [6.07, 6.45) is 2.46. The molecule has 1 amide bonds. The number of amides is 1. The Bertz CT molecular complexity index is 1280. The van der Waals surface area contributed by atoms with E-state index in [0.717, 1.165) is 12.0 Å². The summed E-state index contributed by atoms with van der Waals surface area (Å²) in [6, 6.07) is 18.7. The molecular weight excluding hydrogens is 381 g/mol. The summed E-state index contributed by atoms with van der Waals surface area (Å²) < 4.78 is 15.5. The number of anilines is 1. The van der Waals surface area contributed by atoms with Crippen LogP contribution in [0.1, 0.15) is 28.4 Å². The molecule has 4 aromatic rings. The lowest BCUT2D eigenvalue weighted by Gasteiger charge is -2.13. The molecule has 4 rings (SSSR count). The summed E-state index contributed by atoms with van der Waals surface area (Å²) in [6.45, 7) is 2.03. The molecule has 0 saturated carbocycles. The van der Waals surface area contributed by atoms with Gasteiger partial charge in [-0.2, -0.15) is 0 Å². The maximum Gasteiger partial charge on any atom is 0.265 e. The van der Waals surface area contributed by atoms with E-state index in [4.69, 9.17) is 0 Å². The molecule has 0 aliphatic heterocycles. The quantitative estimate of drug-likeness (QED) is 0.539.